The average molecular weight is 270 g/mol. The fourth-order valence-corrected chi connectivity index (χ4v) is 2.22. The summed E-state index contributed by atoms with van der Waals surface area (Å²) in [5.74, 6) is -0.670. The van der Waals surface area contributed by atoms with E-state index in [4.69, 9.17) is 16.3 Å². The van der Waals surface area contributed by atoms with E-state index >= 15 is 0 Å². The van der Waals surface area contributed by atoms with Crippen LogP contribution in [0.1, 0.15) is 36.0 Å². The van der Waals surface area contributed by atoms with Gasteiger partial charge in [-0.25, -0.2) is 4.79 Å². The van der Waals surface area contributed by atoms with Gasteiger partial charge in [-0.1, -0.05) is 11.6 Å². The van der Waals surface area contributed by atoms with E-state index in [1.807, 2.05) is 0 Å². The smallest absolute Gasteiger partial charge is 0.345 e. The van der Waals surface area contributed by atoms with Crippen molar-refractivity contribution in [2.45, 2.75) is 31.8 Å². The number of hydrogen-bond acceptors (Lipinski definition) is 4. The molecule has 0 heterocycles. The Morgan fingerprint density at radius 3 is 2.67 bits per heavy atom. The Morgan fingerprint density at radius 2 is 2.06 bits per heavy atom. The van der Waals surface area contributed by atoms with E-state index in [0.29, 0.717) is 0 Å². The van der Waals surface area contributed by atoms with Crippen LogP contribution in [0, 0.1) is 10.1 Å². The van der Waals surface area contributed by atoms with Crippen molar-refractivity contribution < 1.29 is 14.5 Å². The summed E-state index contributed by atoms with van der Waals surface area (Å²) < 4.78 is 5.24. The molecule has 6 heteroatoms. The highest BCUT2D eigenvalue weighted by Gasteiger charge is 2.25. The number of ether oxygens (including phenoxy) is 1. The topological polar surface area (TPSA) is 69.4 Å². The van der Waals surface area contributed by atoms with Crippen molar-refractivity contribution in [2.24, 2.45) is 0 Å². The number of benzene rings is 1. The van der Waals surface area contributed by atoms with Gasteiger partial charge in [0.25, 0.3) is 5.69 Å². The van der Waals surface area contributed by atoms with Crippen LogP contribution in [0.25, 0.3) is 0 Å². The Bertz CT molecular complexity index is 483. The standard InChI is InChI=1S/C12H12ClNO4/c13-8-5-6-11(14(16)17)10(7-8)12(15)18-9-3-1-2-4-9/h5-7,9H,1-4H2. The highest BCUT2D eigenvalue weighted by Crippen LogP contribution is 2.26. The average Bonchev–Trinajstić information content (AvgIpc) is 2.81. The largest absolute Gasteiger partial charge is 0.459 e. The van der Waals surface area contributed by atoms with E-state index in [1.165, 1.54) is 18.2 Å². The maximum atomic E-state index is 11.9. The van der Waals surface area contributed by atoms with Gasteiger partial charge in [-0.15, -0.1) is 0 Å². The zero-order valence-corrected chi connectivity index (χ0v) is 10.4. The Kier molecular flexibility index (Phi) is 3.81. The van der Waals surface area contributed by atoms with Crippen LogP contribution in [0.3, 0.4) is 0 Å². The first-order valence-corrected chi connectivity index (χ1v) is 6.10. The summed E-state index contributed by atoms with van der Waals surface area (Å²) in [4.78, 5) is 22.1. The Hall–Kier alpha value is -1.62. The van der Waals surface area contributed by atoms with Crippen molar-refractivity contribution in [3.05, 3.63) is 38.9 Å². The second kappa shape index (κ2) is 5.35. The number of carbonyl (C=O) groups is 1. The third-order valence-electron chi connectivity index (χ3n) is 2.95. The van der Waals surface area contributed by atoms with Crippen molar-refractivity contribution >= 4 is 23.3 Å². The van der Waals surface area contributed by atoms with Gasteiger partial charge in [-0.3, -0.25) is 10.1 Å². The summed E-state index contributed by atoms with van der Waals surface area (Å²) in [5, 5.41) is 11.1. The lowest BCUT2D eigenvalue weighted by molar-refractivity contribution is -0.385. The molecule has 1 aliphatic carbocycles. The SMILES string of the molecule is O=C(OC1CCCC1)c1cc(Cl)ccc1[N+](=O)[O-]. The molecule has 1 aromatic carbocycles. The van der Waals surface area contributed by atoms with E-state index in [1.54, 1.807) is 0 Å². The van der Waals surface area contributed by atoms with Crippen molar-refractivity contribution in [3.8, 4) is 0 Å². The van der Waals surface area contributed by atoms with Gasteiger partial charge in [0.05, 0.1) is 4.92 Å². The molecule has 1 saturated carbocycles. The monoisotopic (exact) mass is 269 g/mol. The zero-order chi connectivity index (χ0) is 13.1. The predicted molar refractivity (Wildman–Crippen MR) is 65.8 cm³/mol. The Balaban J connectivity index is 2.22. The highest BCUT2D eigenvalue weighted by molar-refractivity contribution is 6.31. The van der Waals surface area contributed by atoms with Crippen LogP contribution in [0.2, 0.25) is 5.02 Å². The molecule has 0 amide bonds. The quantitative estimate of drug-likeness (QED) is 0.479. The van der Waals surface area contributed by atoms with Crippen LogP contribution in [0.5, 0.6) is 0 Å². The van der Waals surface area contributed by atoms with E-state index in [0.717, 1.165) is 25.7 Å². The lowest BCUT2D eigenvalue weighted by Crippen LogP contribution is -2.16. The molecule has 96 valence electrons. The summed E-state index contributed by atoms with van der Waals surface area (Å²) in [7, 11) is 0. The first kappa shape index (κ1) is 12.8. The van der Waals surface area contributed by atoms with Crippen molar-refractivity contribution in [3.63, 3.8) is 0 Å². The van der Waals surface area contributed by atoms with Gasteiger partial charge in [0.1, 0.15) is 11.7 Å². The normalized spacial score (nSPS) is 15.6. The fourth-order valence-electron chi connectivity index (χ4n) is 2.05. The van der Waals surface area contributed by atoms with E-state index in [-0.39, 0.29) is 22.4 Å². The van der Waals surface area contributed by atoms with Crippen molar-refractivity contribution in [1.82, 2.24) is 0 Å². The molecular formula is C12H12ClNO4. The maximum absolute atomic E-state index is 11.9. The molecule has 18 heavy (non-hydrogen) atoms. The van der Waals surface area contributed by atoms with E-state index in [2.05, 4.69) is 0 Å². The number of carbonyl (C=O) groups excluding carboxylic acids is 1. The second-order valence-electron chi connectivity index (χ2n) is 4.23. The minimum Gasteiger partial charge on any atom is -0.459 e. The summed E-state index contributed by atoms with van der Waals surface area (Å²) in [6.07, 6.45) is 3.56. The molecule has 1 aromatic rings. The van der Waals surface area contributed by atoms with Gasteiger partial charge >= 0.3 is 5.97 Å². The van der Waals surface area contributed by atoms with Crippen LogP contribution in [0.4, 0.5) is 5.69 Å². The third-order valence-corrected chi connectivity index (χ3v) is 3.19. The van der Waals surface area contributed by atoms with Crippen molar-refractivity contribution in [1.29, 1.82) is 0 Å². The second-order valence-corrected chi connectivity index (χ2v) is 4.67. The molecule has 0 atom stereocenters. The van der Waals surface area contributed by atoms with Gasteiger partial charge in [0, 0.05) is 11.1 Å². The minimum absolute atomic E-state index is 0.0839. The summed E-state index contributed by atoms with van der Waals surface area (Å²) in [6, 6.07) is 3.87. The highest BCUT2D eigenvalue weighted by atomic mass is 35.5. The summed E-state index contributed by atoms with van der Waals surface area (Å²) in [5.41, 5.74) is -0.359. The molecule has 0 unspecified atom stereocenters. The number of nitrogens with zero attached hydrogens (tertiary/aromatic N) is 1. The molecule has 0 bridgehead atoms. The summed E-state index contributed by atoms with van der Waals surface area (Å²) in [6.45, 7) is 0. The summed E-state index contributed by atoms with van der Waals surface area (Å²) >= 11 is 5.75. The van der Waals surface area contributed by atoms with Crippen molar-refractivity contribution in [2.75, 3.05) is 0 Å². The number of halogens is 1. The number of rotatable bonds is 3. The molecule has 0 aliphatic heterocycles. The fraction of sp³-hybridized carbons (Fsp3) is 0.417. The van der Waals surface area contributed by atoms with Crippen LogP contribution in [-0.2, 0) is 4.74 Å². The van der Waals surface area contributed by atoms with Crippen LogP contribution in [0.15, 0.2) is 18.2 Å². The molecular weight excluding hydrogens is 258 g/mol. The minimum atomic E-state index is -0.670. The maximum Gasteiger partial charge on any atom is 0.345 e. The molecule has 0 N–H and O–H groups in total. The molecule has 1 aliphatic rings. The molecule has 2 rings (SSSR count). The number of nitro benzene ring substituents is 1. The molecule has 0 aromatic heterocycles. The van der Waals surface area contributed by atoms with Gasteiger partial charge in [0.15, 0.2) is 0 Å². The van der Waals surface area contributed by atoms with Gasteiger partial charge in [0.2, 0.25) is 0 Å². The zero-order valence-electron chi connectivity index (χ0n) is 9.60. The molecule has 0 saturated heterocycles. The van der Waals surface area contributed by atoms with Gasteiger partial charge in [-0.2, -0.15) is 0 Å². The van der Waals surface area contributed by atoms with E-state index < -0.39 is 10.9 Å². The third kappa shape index (κ3) is 2.79. The first-order valence-electron chi connectivity index (χ1n) is 5.73. The predicted octanol–water partition coefficient (Wildman–Crippen LogP) is 3.35. The Labute approximate surface area is 109 Å². The van der Waals surface area contributed by atoms with Crippen LogP contribution < -0.4 is 0 Å². The number of hydrogen-bond donors (Lipinski definition) is 0. The van der Waals surface area contributed by atoms with Gasteiger partial charge < -0.3 is 4.74 Å². The van der Waals surface area contributed by atoms with Crippen LogP contribution >= 0.6 is 11.6 Å². The van der Waals surface area contributed by atoms with E-state index in [9.17, 15) is 14.9 Å². The molecule has 1 fully saturated rings. The van der Waals surface area contributed by atoms with Gasteiger partial charge in [-0.05, 0) is 37.8 Å². The van der Waals surface area contributed by atoms with Crippen LogP contribution in [-0.4, -0.2) is 17.0 Å². The Morgan fingerprint density at radius 1 is 1.39 bits per heavy atom. The number of esters is 1. The lowest BCUT2D eigenvalue weighted by Gasteiger charge is -2.11. The molecule has 0 radical (unpaired) electrons. The molecule has 0 spiro atoms. The molecule has 5 nitrogen and oxygen atoms in total. The lowest BCUT2D eigenvalue weighted by atomic mass is 10.2. The first-order chi connectivity index (χ1) is 8.58. The number of nitro groups is 1.